The third kappa shape index (κ3) is 5.63. The Morgan fingerprint density at radius 1 is 0.800 bits per heavy atom. The van der Waals surface area contributed by atoms with Crippen molar-refractivity contribution in [1.29, 1.82) is 0 Å². The van der Waals surface area contributed by atoms with E-state index in [4.69, 9.17) is 21.1 Å². The van der Waals surface area contributed by atoms with Gasteiger partial charge >= 0.3 is 0 Å². The molecule has 3 fully saturated rings. The first-order valence-electron chi connectivity index (χ1n) is 17.8. The number of phenols is 1. The number of anilines is 2. The van der Waals surface area contributed by atoms with Gasteiger partial charge in [0, 0.05) is 11.5 Å². The highest BCUT2D eigenvalue weighted by atomic mass is 35.5. The van der Waals surface area contributed by atoms with Gasteiger partial charge in [0.2, 0.25) is 23.6 Å². The quantitative estimate of drug-likeness (QED) is 0.116. The van der Waals surface area contributed by atoms with Gasteiger partial charge in [-0.15, -0.1) is 0 Å². The molecule has 4 aromatic rings. The van der Waals surface area contributed by atoms with Gasteiger partial charge in [0.1, 0.15) is 17.3 Å². The maximum absolute atomic E-state index is 15.0. The highest BCUT2D eigenvalue weighted by molar-refractivity contribution is 6.32. The molecule has 4 amide bonds. The highest BCUT2D eigenvalue weighted by Crippen LogP contribution is 2.64. The van der Waals surface area contributed by atoms with Gasteiger partial charge in [0.15, 0.2) is 11.6 Å². The van der Waals surface area contributed by atoms with Crippen LogP contribution in [0.1, 0.15) is 42.4 Å². The first-order chi connectivity index (χ1) is 26.4. The van der Waals surface area contributed by atoms with Crippen molar-refractivity contribution in [3.05, 3.63) is 124 Å². The largest absolute Gasteiger partial charge is 0.505 e. The van der Waals surface area contributed by atoms with Gasteiger partial charge in [-0.2, -0.15) is 0 Å². The summed E-state index contributed by atoms with van der Waals surface area (Å²) in [6.45, 7) is 1.65. The minimum Gasteiger partial charge on any atom is -0.505 e. The van der Waals surface area contributed by atoms with E-state index in [2.05, 4.69) is 0 Å². The summed E-state index contributed by atoms with van der Waals surface area (Å²) in [7, 11) is 3.16. The van der Waals surface area contributed by atoms with E-state index in [0.717, 1.165) is 28.2 Å². The van der Waals surface area contributed by atoms with Crippen molar-refractivity contribution >= 4 is 58.8 Å². The number of aromatic hydroxyl groups is 1. The number of carbonyl (C=O) groups excluding carboxylic acids is 4. The van der Waals surface area contributed by atoms with E-state index in [1.807, 2.05) is 30.4 Å². The van der Waals surface area contributed by atoms with Crippen LogP contribution in [0.15, 0.2) is 90.5 Å². The Hall–Kier alpha value is -5.81. The lowest BCUT2D eigenvalue weighted by atomic mass is 9.51. The number of hydrogen-bond acceptors (Lipinski definition) is 7. The average Bonchev–Trinajstić information content (AvgIpc) is 3.55. The Labute approximate surface area is 320 Å². The van der Waals surface area contributed by atoms with E-state index < -0.39 is 70.1 Å². The number of carbonyl (C=O) groups is 4. The van der Waals surface area contributed by atoms with E-state index >= 15 is 4.39 Å². The number of methoxy groups -OCH3 is 2. The van der Waals surface area contributed by atoms with Gasteiger partial charge < -0.3 is 14.6 Å². The molecule has 8 rings (SSSR count). The summed E-state index contributed by atoms with van der Waals surface area (Å²) < 4.78 is 40.0. The number of halogens is 3. The zero-order valence-electron chi connectivity index (χ0n) is 30.0. The molecule has 0 radical (unpaired) electrons. The van der Waals surface area contributed by atoms with Crippen LogP contribution in [-0.4, -0.2) is 43.0 Å². The fourth-order valence-electron chi connectivity index (χ4n) is 9.11. The molecule has 9 nitrogen and oxygen atoms in total. The molecule has 0 bridgehead atoms. The summed E-state index contributed by atoms with van der Waals surface area (Å²) in [5, 5.41) is 9.79. The predicted molar refractivity (Wildman–Crippen MR) is 202 cm³/mol. The van der Waals surface area contributed by atoms with Gasteiger partial charge in [-0.25, -0.2) is 13.7 Å². The molecule has 12 heteroatoms. The third-order valence-corrected chi connectivity index (χ3v) is 12.1. The van der Waals surface area contributed by atoms with Crippen LogP contribution in [0.4, 0.5) is 20.2 Å². The summed E-state index contributed by atoms with van der Waals surface area (Å²) in [4.78, 5) is 59.6. The van der Waals surface area contributed by atoms with Gasteiger partial charge in [0.25, 0.3) is 0 Å². The molecular weight excluding hydrogens is 730 g/mol. The first kappa shape index (κ1) is 36.2. The average molecular weight is 765 g/mol. The standard InChI is InChI=1S/C43H35ClF2N2O7/c1-43-31(40(51)48(42(43)53)26-11-15-33(45)32(44)20-26)21-30-28(38(43)24-8-16-35(49)34(46)19-24)13-14-29-37(30)41(52)47(39(29)50)25-9-5-22(6-10-25)4-7-23-18-27(54-2)12-17-36(23)55-3/h4-13,15-20,29-31,37-38,49H,14,21H2,1-3H3/t29-,30+,31-,37-,38-,43+/m0/s1. The lowest BCUT2D eigenvalue weighted by Gasteiger charge is -2.49. The molecule has 55 heavy (non-hydrogen) atoms. The number of nitrogens with zero attached hydrogens (tertiary/aromatic N) is 2. The van der Waals surface area contributed by atoms with Crippen LogP contribution in [0.5, 0.6) is 17.2 Å². The minimum atomic E-state index is -1.46. The fraction of sp³-hybridized carbons (Fsp3) is 0.256. The summed E-state index contributed by atoms with van der Waals surface area (Å²) in [6, 6.07) is 19.9. The van der Waals surface area contributed by atoms with Crippen molar-refractivity contribution < 1.29 is 42.5 Å². The number of benzene rings is 4. The van der Waals surface area contributed by atoms with Gasteiger partial charge in [-0.3, -0.25) is 24.1 Å². The van der Waals surface area contributed by atoms with Crippen LogP contribution in [0, 0.1) is 40.7 Å². The van der Waals surface area contributed by atoms with Crippen molar-refractivity contribution in [2.75, 3.05) is 24.0 Å². The maximum Gasteiger partial charge on any atom is 0.241 e. The Morgan fingerprint density at radius 3 is 2.24 bits per heavy atom. The molecule has 2 heterocycles. The summed E-state index contributed by atoms with van der Waals surface area (Å²) >= 11 is 6.07. The molecule has 2 aliphatic carbocycles. The van der Waals surface area contributed by atoms with Gasteiger partial charge in [0.05, 0.1) is 53.8 Å². The Morgan fingerprint density at radius 2 is 1.55 bits per heavy atom. The molecule has 0 spiro atoms. The van der Waals surface area contributed by atoms with E-state index in [1.54, 1.807) is 51.5 Å². The number of amides is 4. The third-order valence-electron chi connectivity index (χ3n) is 11.8. The van der Waals surface area contributed by atoms with Crippen molar-refractivity contribution in [1.82, 2.24) is 0 Å². The second-order valence-corrected chi connectivity index (χ2v) is 14.9. The van der Waals surface area contributed by atoms with Crippen LogP contribution in [0.2, 0.25) is 5.02 Å². The van der Waals surface area contributed by atoms with Crippen LogP contribution in [0.25, 0.3) is 12.2 Å². The van der Waals surface area contributed by atoms with Crippen molar-refractivity contribution in [2.45, 2.75) is 25.7 Å². The van der Waals surface area contributed by atoms with Gasteiger partial charge in [-0.05, 0) is 97.5 Å². The number of imide groups is 2. The number of hydrogen-bond donors (Lipinski definition) is 1. The Kier molecular flexibility index (Phi) is 8.87. The lowest BCUT2D eigenvalue weighted by Crippen LogP contribution is -2.48. The Balaban J connectivity index is 1.14. The molecule has 6 atom stereocenters. The van der Waals surface area contributed by atoms with Crippen LogP contribution >= 0.6 is 11.6 Å². The predicted octanol–water partition coefficient (Wildman–Crippen LogP) is 7.95. The number of rotatable bonds is 7. The van der Waals surface area contributed by atoms with Crippen molar-refractivity contribution in [3.8, 4) is 17.2 Å². The minimum absolute atomic E-state index is 0.0703. The van der Waals surface area contributed by atoms with E-state index in [-0.39, 0.29) is 29.5 Å². The second kappa shape index (κ2) is 13.5. The molecule has 280 valence electrons. The molecule has 2 saturated heterocycles. The number of fused-ring (bicyclic) bond motifs is 4. The molecule has 4 aliphatic rings. The van der Waals surface area contributed by atoms with Crippen LogP contribution < -0.4 is 19.3 Å². The van der Waals surface area contributed by atoms with E-state index in [0.29, 0.717) is 28.3 Å². The fourth-order valence-corrected chi connectivity index (χ4v) is 9.29. The second-order valence-electron chi connectivity index (χ2n) is 14.5. The molecule has 0 unspecified atom stereocenters. The normalized spacial score (nSPS) is 25.9. The zero-order valence-corrected chi connectivity index (χ0v) is 30.7. The molecule has 1 saturated carbocycles. The molecule has 2 aliphatic heterocycles. The zero-order chi connectivity index (χ0) is 38.9. The van der Waals surface area contributed by atoms with Crippen molar-refractivity contribution in [3.63, 3.8) is 0 Å². The molecule has 4 aromatic carbocycles. The molecule has 1 N–H and O–H groups in total. The van der Waals surface area contributed by atoms with Crippen molar-refractivity contribution in [2.24, 2.45) is 29.1 Å². The molecular formula is C43H35ClF2N2O7. The maximum atomic E-state index is 15.0. The number of phenolic OH excluding ortho intramolecular Hbond substituents is 1. The summed E-state index contributed by atoms with van der Waals surface area (Å²) in [6.07, 6.45) is 5.86. The van der Waals surface area contributed by atoms with E-state index in [9.17, 15) is 28.7 Å². The lowest BCUT2D eigenvalue weighted by molar-refractivity contribution is -0.131. The summed E-state index contributed by atoms with van der Waals surface area (Å²) in [5.41, 5.74) is 1.62. The topological polar surface area (TPSA) is 113 Å². The van der Waals surface area contributed by atoms with Crippen LogP contribution in [0.3, 0.4) is 0 Å². The number of ether oxygens (including phenoxy) is 2. The molecule has 0 aromatic heterocycles. The monoisotopic (exact) mass is 764 g/mol. The van der Waals surface area contributed by atoms with Gasteiger partial charge in [-0.1, -0.05) is 53.6 Å². The first-order valence-corrected chi connectivity index (χ1v) is 18.1. The van der Waals surface area contributed by atoms with Crippen LogP contribution in [-0.2, 0) is 19.2 Å². The Bertz CT molecular complexity index is 2360. The smallest absolute Gasteiger partial charge is 0.241 e. The highest BCUT2D eigenvalue weighted by Gasteiger charge is 2.67. The summed E-state index contributed by atoms with van der Waals surface area (Å²) in [5.74, 6) is -6.92. The SMILES string of the molecule is COc1ccc(OC)c(C=Cc2ccc(N3C(=O)[C@H]4[C@H](CC=C5[C@H]4C[C@H]4C(=O)N(c6ccc(F)c(Cl)c6)C(=O)[C@@]4(C)[C@H]5c4ccc(O)c(F)c4)C3=O)cc2)c1. The number of allylic oxidation sites excluding steroid dienone is 2. The van der Waals surface area contributed by atoms with E-state index in [1.165, 1.54) is 29.2 Å².